The lowest BCUT2D eigenvalue weighted by atomic mass is 10.2. The van der Waals surface area contributed by atoms with Crippen LogP contribution in [0.15, 0.2) is 18.2 Å². The van der Waals surface area contributed by atoms with Gasteiger partial charge in [0.15, 0.2) is 0 Å². The van der Waals surface area contributed by atoms with Crippen molar-refractivity contribution in [2.45, 2.75) is 6.43 Å². The van der Waals surface area contributed by atoms with Gasteiger partial charge in [-0.25, -0.2) is 8.78 Å². The van der Waals surface area contributed by atoms with Crippen molar-refractivity contribution in [1.29, 1.82) is 0 Å². The molecule has 0 saturated carbocycles. The monoisotopic (exact) mass is 359 g/mol. The van der Waals surface area contributed by atoms with Gasteiger partial charge in [-0.1, -0.05) is 45.2 Å². The molecule has 18 heavy (non-hydrogen) atoms. The molecule has 0 aliphatic carbocycles. The van der Waals surface area contributed by atoms with Crippen molar-refractivity contribution in [1.82, 2.24) is 4.90 Å². The molecule has 0 N–H and O–H groups in total. The molecule has 0 aliphatic rings. The summed E-state index contributed by atoms with van der Waals surface area (Å²) in [7, 11) is 0. The summed E-state index contributed by atoms with van der Waals surface area (Å²) < 4.78 is 24.8. The first-order chi connectivity index (χ1) is 8.47. The number of benzene rings is 1. The summed E-state index contributed by atoms with van der Waals surface area (Å²) in [5.74, 6) is -0.553. The molecule has 0 radical (unpaired) electrons. The van der Waals surface area contributed by atoms with Gasteiger partial charge in [-0.15, -0.1) is 0 Å². The third-order valence-electron chi connectivity index (χ3n) is 2.18. The van der Waals surface area contributed by atoms with Crippen molar-refractivity contribution >= 4 is 45.0 Å². The van der Waals surface area contributed by atoms with Crippen LogP contribution in [0.25, 0.3) is 0 Å². The van der Waals surface area contributed by atoms with Gasteiger partial charge in [0.1, 0.15) is 0 Å². The highest BCUT2D eigenvalue weighted by Crippen LogP contribution is 2.26. The Hall–Kier alpha value is -0.390. The minimum atomic E-state index is -2.59. The fraction of sp³-hybridized carbons (Fsp3) is 0.364. The van der Waals surface area contributed by atoms with Crippen molar-refractivity contribution in [3.8, 4) is 0 Å². The van der Waals surface area contributed by atoms with E-state index < -0.39 is 18.9 Å². The van der Waals surface area contributed by atoms with Crippen LogP contribution >= 0.6 is 39.1 Å². The van der Waals surface area contributed by atoms with Gasteiger partial charge in [-0.2, -0.15) is 0 Å². The van der Waals surface area contributed by atoms with E-state index in [1.807, 2.05) is 0 Å². The van der Waals surface area contributed by atoms with Crippen LogP contribution < -0.4 is 0 Å². The van der Waals surface area contributed by atoms with Crippen molar-refractivity contribution in [2.24, 2.45) is 0 Å². The molecule has 1 aromatic rings. The molecule has 1 aromatic carbocycles. The van der Waals surface area contributed by atoms with Crippen LogP contribution in [0.1, 0.15) is 10.4 Å². The molecule has 0 fully saturated rings. The second-order valence-corrected chi connectivity index (χ2v) is 5.01. The SMILES string of the molecule is O=C(c1cccc(Cl)c1Cl)N(CCBr)CC(F)F. The Morgan fingerprint density at radius 3 is 2.61 bits per heavy atom. The summed E-state index contributed by atoms with van der Waals surface area (Å²) in [6, 6.07) is 4.54. The Labute approximate surface area is 122 Å². The maximum atomic E-state index is 12.4. The highest BCUT2D eigenvalue weighted by Gasteiger charge is 2.21. The topological polar surface area (TPSA) is 20.3 Å². The van der Waals surface area contributed by atoms with Crippen molar-refractivity contribution in [3.63, 3.8) is 0 Å². The van der Waals surface area contributed by atoms with Gasteiger partial charge in [0, 0.05) is 11.9 Å². The molecule has 0 spiro atoms. The van der Waals surface area contributed by atoms with Gasteiger partial charge in [-0.3, -0.25) is 4.79 Å². The number of hydrogen-bond donors (Lipinski definition) is 0. The molecular formula is C11H10BrCl2F2NO. The lowest BCUT2D eigenvalue weighted by molar-refractivity contribution is 0.0572. The van der Waals surface area contributed by atoms with Crippen LogP contribution in [0.3, 0.4) is 0 Å². The van der Waals surface area contributed by atoms with Gasteiger partial charge in [0.05, 0.1) is 22.2 Å². The maximum Gasteiger partial charge on any atom is 0.255 e. The minimum absolute atomic E-state index is 0.0815. The summed E-state index contributed by atoms with van der Waals surface area (Å²) in [5.41, 5.74) is 0.130. The second kappa shape index (κ2) is 7.26. The summed E-state index contributed by atoms with van der Waals surface area (Å²) >= 11 is 14.8. The maximum absolute atomic E-state index is 12.4. The largest absolute Gasteiger partial charge is 0.332 e. The van der Waals surface area contributed by atoms with Crippen LogP contribution in [0.5, 0.6) is 0 Å². The third kappa shape index (κ3) is 4.07. The fourth-order valence-electron chi connectivity index (χ4n) is 1.38. The van der Waals surface area contributed by atoms with E-state index in [4.69, 9.17) is 23.2 Å². The number of hydrogen-bond acceptors (Lipinski definition) is 1. The molecule has 0 aliphatic heterocycles. The van der Waals surface area contributed by atoms with E-state index in [1.165, 1.54) is 12.1 Å². The Balaban J connectivity index is 2.98. The molecule has 0 aromatic heterocycles. The van der Waals surface area contributed by atoms with E-state index in [1.54, 1.807) is 6.07 Å². The first-order valence-corrected chi connectivity index (χ1v) is 6.92. The predicted molar refractivity (Wildman–Crippen MR) is 72.2 cm³/mol. The van der Waals surface area contributed by atoms with Crippen LogP contribution in [-0.4, -0.2) is 35.7 Å². The number of nitrogens with zero attached hydrogens (tertiary/aromatic N) is 1. The minimum Gasteiger partial charge on any atom is -0.332 e. The van der Waals surface area contributed by atoms with E-state index in [0.717, 1.165) is 4.90 Å². The standard InChI is InChI=1S/C11H10BrCl2F2NO/c12-4-5-17(6-9(15)16)11(18)7-2-1-3-8(13)10(7)14/h1-3,9H,4-6H2. The average Bonchev–Trinajstić information content (AvgIpc) is 2.31. The number of rotatable bonds is 5. The molecule has 0 saturated heterocycles. The predicted octanol–water partition coefficient (Wildman–Crippen LogP) is 4.10. The lowest BCUT2D eigenvalue weighted by Crippen LogP contribution is -2.36. The zero-order valence-electron chi connectivity index (χ0n) is 9.18. The number of carbonyl (C=O) groups is 1. The molecule has 7 heteroatoms. The Morgan fingerprint density at radius 2 is 2.06 bits per heavy atom. The van der Waals surface area contributed by atoms with Crippen molar-refractivity contribution in [3.05, 3.63) is 33.8 Å². The zero-order valence-corrected chi connectivity index (χ0v) is 12.3. The molecule has 1 rings (SSSR count). The van der Waals surface area contributed by atoms with Gasteiger partial charge < -0.3 is 4.90 Å². The Bertz CT molecular complexity index is 432. The van der Waals surface area contributed by atoms with Crippen molar-refractivity contribution < 1.29 is 13.6 Å². The van der Waals surface area contributed by atoms with Crippen molar-refractivity contribution in [2.75, 3.05) is 18.4 Å². The molecular weight excluding hydrogens is 351 g/mol. The van der Waals surface area contributed by atoms with E-state index in [9.17, 15) is 13.6 Å². The summed E-state index contributed by atoms with van der Waals surface area (Å²) in [6.07, 6.45) is -2.59. The molecule has 0 bridgehead atoms. The molecule has 0 atom stereocenters. The number of alkyl halides is 3. The smallest absolute Gasteiger partial charge is 0.255 e. The highest BCUT2D eigenvalue weighted by atomic mass is 79.9. The average molecular weight is 361 g/mol. The summed E-state index contributed by atoms with van der Waals surface area (Å²) in [4.78, 5) is 13.1. The first-order valence-electron chi connectivity index (χ1n) is 5.04. The van der Waals surface area contributed by atoms with Crippen LogP contribution in [-0.2, 0) is 0 Å². The fourth-order valence-corrected chi connectivity index (χ4v) is 2.19. The zero-order chi connectivity index (χ0) is 13.7. The van der Waals surface area contributed by atoms with Gasteiger partial charge in [0.2, 0.25) is 0 Å². The van der Waals surface area contributed by atoms with Gasteiger partial charge in [0.25, 0.3) is 12.3 Å². The molecule has 0 heterocycles. The molecule has 0 unspecified atom stereocenters. The summed E-state index contributed by atoms with van der Waals surface area (Å²) in [6.45, 7) is -0.459. The first kappa shape index (κ1) is 15.7. The van der Waals surface area contributed by atoms with Gasteiger partial charge in [-0.05, 0) is 12.1 Å². The normalized spacial score (nSPS) is 10.8. The number of halogens is 5. The summed E-state index contributed by atoms with van der Waals surface area (Å²) in [5, 5.41) is 0.709. The highest BCUT2D eigenvalue weighted by molar-refractivity contribution is 9.09. The quantitative estimate of drug-likeness (QED) is 0.724. The van der Waals surface area contributed by atoms with E-state index in [-0.39, 0.29) is 22.2 Å². The van der Waals surface area contributed by atoms with E-state index in [0.29, 0.717) is 5.33 Å². The van der Waals surface area contributed by atoms with Crippen LogP contribution in [0, 0.1) is 0 Å². The van der Waals surface area contributed by atoms with Gasteiger partial charge >= 0.3 is 0 Å². The Morgan fingerprint density at radius 1 is 1.39 bits per heavy atom. The van der Waals surface area contributed by atoms with Crippen LogP contribution in [0.4, 0.5) is 8.78 Å². The molecule has 1 amide bonds. The lowest BCUT2D eigenvalue weighted by Gasteiger charge is -2.22. The van der Waals surface area contributed by atoms with E-state index in [2.05, 4.69) is 15.9 Å². The molecule has 2 nitrogen and oxygen atoms in total. The number of carbonyl (C=O) groups excluding carboxylic acids is 1. The Kier molecular flexibility index (Phi) is 6.32. The van der Waals surface area contributed by atoms with Crippen LogP contribution in [0.2, 0.25) is 10.0 Å². The van der Waals surface area contributed by atoms with E-state index >= 15 is 0 Å². The number of amides is 1. The third-order valence-corrected chi connectivity index (χ3v) is 3.36. The molecule has 100 valence electrons. The second-order valence-electron chi connectivity index (χ2n) is 3.43.